The van der Waals surface area contributed by atoms with Crippen molar-refractivity contribution in [1.29, 1.82) is 0 Å². The van der Waals surface area contributed by atoms with Gasteiger partial charge < -0.3 is 10.1 Å². The van der Waals surface area contributed by atoms with Gasteiger partial charge in [0.05, 0.1) is 0 Å². The van der Waals surface area contributed by atoms with E-state index >= 15 is 0 Å². The van der Waals surface area contributed by atoms with Gasteiger partial charge in [-0.3, -0.25) is 0 Å². The zero-order valence-corrected chi connectivity index (χ0v) is 13.0. The highest BCUT2D eigenvalue weighted by atomic mass is 16.5. The third kappa shape index (κ3) is 4.91. The van der Waals surface area contributed by atoms with Crippen LogP contribution < -0.4 is 10.1 Å². The highest BCUT2D eigenvalue weighted by Gasteiger charge is 2.12. The summed E-state index contributed by atoms with van der Waals surface area (Å²) in [7, 11) is 0. The Hall–Kier alpha value is -1.80. The van der Waals surface area contributed by atoms with Crippen LogP contribution in [0.15, 0.2) is 54.6 Å². The maximum absolute atomic E-state index is 6.18. The van der Waals surface area contributed by atoms with Crippen molar-refractivity contribution in [3.8, 4) is 5.75 Å². The minimum atomic E-state index is 0.0465. The van der Waals surface area contributed by atoms with Gasteiger partial charge in [0.25, 0.3) is 0 Å². The summed E-state index contributed by atoms with van der Waals surface area (Å²) in [5.41, 5.74) is 2.54. The Kier molecular flexibility index (Phi) is 6.29. The van der Waals surface area contributed by atoms with Gasteiger partial charge in [-0.25, -0.2) is 0 Å². The third-order valence-corrected chi connectivity index (χ3v) is 3.54. The van der Waals surface area contributed by atoms with Gasteiger partial charge in [0.1, 0.15) is 11.9 Å². The number of hydrogen-bond acceptors (Lipinski definition) is 2. The predicted octanol–water partition coefficient (Wildman–Crippen LogP) is 4.37. The van der Waals surface area contributed by atoms with Crippen LogP contribution in [-0.2, 0) is 6.42 Å². The zero-order valence-electron chi connectivity index (χ0n) is 13.0. The molecule has 2 rings (SSSR count). The van der Waals surface area contributed by atoms with Gasteiger partial charge >= 0.3 is 0 Å². The number of nitrogens with one attached hydrogen (secondary N) is 1. The van der Waals surface area contributed by atoms with E-state index in [0.29, 0.717) is 0 Å². The van der Waals surface area contributed by atoms with E-state index in [1.54, 1.807) is 0 Å². The lowest BCUT2D eigenvalue weighted by molar-refractivity contribution is 0.202. The molecule has 0 aliphatic heterocycles. The van der Waals surface area contributed by atoms with Crippen LogP contribution in [0.3, 0.4) is 0 Å². The van der Waals surface area contributed by atoms with Crippen molar-refractivity contribution < 1.29 is 4.74 Å². The van der Waals surface area contributed by atoms with Gasteiger partial charge in [0.15, 0.2) is 0 Å². The molecule has 2 aromatic rings. The average molecular weight is 283 g/mol. The maximum atomic E-state index is 6.18. The van der Waals surface area contributed by atoms with Crippen LogP contribution in [0, 0.1) is 0 Å². The molecule has 0 amide bonds. The molecule has 0 saturated carbocycles. The molecule has 112 valence electrons. The standard InChI is InChI=1S/C19H25NO/c1-3-14-20-15-19(17-8-6-5-7-9-17)21-18-12-10-16(4-2)11-13-18/h5-13,19-20H,3-4,14-15H2,1-2H3. The van der Waals surface area contributed by atoms with Crippen molar-refractivity contribution in [3.05, 3.63) is 65.7 Å². The first-order chi connectivity index (χ1) is 10.3. The number of ether oxygens (including phenoxy) is 1. The van der Waals surface area contributed by atoms with E-state index in [1.807, 2.05) is 6.07 Å². The molecule has 0 spiro atoms. The number of hydrogen-bond donors (Lipinski definition) is 1. The fraction of sp³-hybridized carbons (Fsp3) is 0.368. The summed E-state index contributed by atoms with van der Waals surface area (Å²) >= 11 is 0. The molecule has 0 saturated heterocycles. The lowest BCUT2D eigenvalue weighted by atomic mass is 10.1. The van der Waals surface area contributed by atoms with E-state index in [2.05, 4.69) is 67.7 Å². The van der Waals surface area contributed by atoms with Gasteiger partial charge in [-0.15, -0.1) is 0 Å². The molecule has 1 atom stereocenters. The van der Waals surface area contributed by atoms with Crippen LogP contribution >= 0.6 is 0 Å². The second-order valence-electron chi connectivity index (χ2n) is 5.22. The van der Waals surface area contributed by atoms with Crippen LogP contribution in [-0.4, -0.2) is 13.1 Å². The predicted molar refractivity (Wildman–Crippen MR) is 88.8 cm³/mol. The van der Waals surface area contributed by atoms with Gasteiger partial charge in [-0.1, -0.05) is 56.3 Å². The van der Waals surface area contributed by atoms with E-state index in [-0.39, 0.29) is 6.10 Å². The minimum absolute atomic E-state index is 0.0465. The summed E-state index contributed by atoms with van der Waals surface area (Å²) < 4.78 is 6.18. The van der Waals surface area contributed by atoms with Crippen LogP contribution in [0.4, 0.5) is 0 Å². The Labute approximate surface area is 128 Å². The topological polar surface area (TPSA) is 21.3 Å². The van der Waals surface area contributed by atoms with E-state index < -0.39 is 0 Å². The molecule has 1 N–H and O–H groups in total. The molecule has 0 heterocycles. The van der Waals surface area contributed by atoms with Crippen molar-refractivity contribution in [1.82, 2.24) is 5.32 Å². The summed E-state index contributed by atoms with van der Waals surface area (Å²) in [6.07, 6.45) is 2.23. The second kappa shape index (κ2) is 8.48. The van der Waals surface area contributed by atoms with E-state index in [4.69, 9.17) is 4.74 Å². The first-order valence-electron chi connectivity index (χ1n) is 7.84. The molecular weight excluding hydrogens is 258 g/mol. The van der Waals surface area contributed by atoms with Crippen molar-refractivity contribution >= 4 is 0 Å². The molecule has 0 radical (unpaired) electrons. The molecule has 0 aliphatic carbocycles. The van der Waals surface area contributed by atoms with Gasteiger partial charge in [0.2, 0.25) is 0 Å². The molecule has 1 unspecified atom stereocenters. The molecule has 2 nitrogen and oxygen atoms in total. The summed E-state index contributed by atoms with van der Waals surface area (Å²) in [6, 6.07) is 18.8. The van der Waals surface area contributed by atoms with Crippen molar-refractivity contribution in [3.63, 3.8) is 0 Å². The van der Waals surface area contributed by atoms with Crippen molar-refractivity contribution in [2.75, 3.05) is 13.1 Å². The van der Waals surface area contributed by atoms with Crippen LogP contribution in [0.25, 0.3) is 0 Å². The van der Waals surface area contributed by atoms with E-state index in [9.17, 15) is 0 Å². The third-order valence-electron chi connectivity index (χ3n) is 3.54. The molecule has 21 heavy (non-hydrogen) atoms. The second-order valence-corrected chi connectivity index (χ2v) is 5.22. The first kappa shape index (κ1) is 15.6. The Balaban J connectivity index is 2.07. The molecule has 0 aliphatic rings. The molecule has 0 aromatic heterocycles. The normalized spacial score (nSPS) is 12.1. The Morgan fingerprint density at radius 1 is 0.952 bits per heavy atom. The number of rotatable bonds is 8. The first-order valence-corrected chi connectivity index (χ1v) is 7.84. The molecule has 0 fully saturated rings. The largest absolute Gasteiger partial charge is 0.484 e. The SMILES string of the molecule is CCCNCC(Oc1ccc(CC)cc1)c1ccccc1. The molecule has 2 aromatic carbocycles. The fourth-order valence-corrected chi connectivity index (χ4v) is 2.27. The Bertz CT molecular complexity index is 507. The fourth-order valence-electron chi connectivity index (χ4n) is 2.27. The molecule has 2 heteroatoms. The van der Waals surface area contributed by atoms with Gasteiger partial charge in [0, 0.05) is 6.54 Å². The quantitative estimate of drug-likeness (QED) is 0.726. The number of aryl methyl sites for hydroxylation is 1. The average Bonchev–Trinajstić information content (AvgIpc) is 2.55. The molecular formula is C19H25NO. The summed E-state index contributed by atoms with van der Waals surface area (Å²) in [4.78, 5) is 0. The zero-order chi connectivity index (χ0) is 14.9. The Morgan fingerprint density at radius 2 is 1.67 bits per heavy atom. The lowest BCUT2D eigenvalue weighted by Crippen LogP contribution is -2.25. The summed E-state index contributed by atoms with van der Waals surface area (Å²) in [5.74, 6) is 0.930. The van der Waals surface area contributed by atoms with Gasteiger partial charge in [-0.05, 0) is 42.6 Å². The minimum Gasteiger partial charge on any atom is -0.484 e. The monoisotopic (exact) mass is 283 g/mol. The van der Waals surface area contributed by atoms with Crippen molar-refractivity contribution in [2.45, 2.75) is 32.8 Å². The highest BCUT2D eigenvalue weighted by molar-refractivity contribution is 5.28. The van der Waals surface area contributed by atoms with Crippen molar-refractivity contribution in [2.24, 2.45) is 0 Å². The van der Waals surface area contributed by atoms with Crippen LogP contribution in [0.2, 0.25) is 0 Å². The lowest BCUT2D eigenvalue weighted by Gasteiger charge is -2.20. The van der Waals surface area contributed by atoms with E-state index in [0.717, 1.165) is 31.7 Å². The Morgan fingerprint density at radius 3 is 2.29 bits per heavy atom. The van der Waals surface area contributed by atoms with Crippen LogP contribution in [0.1, 0.15) is 37.5 Å². The summed E-state index contributed by atoms with van der Waals surface area (Å²) in [6.45, 7) is 6.18. The van der Waals surface area contributed by atoms with Crippen LogP contribution in [0.5, 0.6) is 5.75 Å². The molecule has 0 bridgehead atoms. The maximum Gasteiger partial charge on any atom is 0.136 e. The highest BCUT2D eigenvalue weighted by Crippen LogP contribution is 2.22. The number of benzene rings is 2. The van der Waals surface area contributed by atoms with E-state index in [1.165, 1.54) is 11.1 Å². The summed E-state index contributed by atoms with van der Waals surface area (Å²) in [5, 5.41) is 3.45. The van der Waals surface area contributed by atoms with Gasteiger partial charge in [-0.2, -0.15) is 0 Å². The smallest absolute Gasteiger partial charge is 0.136 e.